The summed E-state index contributed by atoms with van der Waals surface area (Å²) in [5, 5.41) is 12.1. The van der Waals surface area contributed by atoms with Crippen LogP contribution in [0.25, 0.3) is 0 Å². The van der Waals surface area contributed by atoms with Gasteiger partial charge in [0.25, 0.3) is 0 Å². The highest BCUT2D eigenvalue weighted by Gasteiger charge is 2.07. The van der Waals surface area contributed by atoms with Crippen LogP contribution in [0.4, 0.5) is 5.13 Å². The van der Waals surface area contributed by atoms with Crippen LogP contribution in [0.15, 0.2) is 24.3 Å². The van der Waals surface area contributed by atoms with Crippen LogP contribution < -0.4 is 5.32 Å². The Bertz CT molecular complexity index is 533. The van der Waals surface area contributed by atoms with E-state index in [1.165, 1.54) is 16.9 Å². The standard InChI is InChI=1S/C13H15N3OS/c1-3-12-15-16-13(18-12)14-11(17)8-10-6-4-9(2)5-7-10/h4-7H,3,8H2,1-2H3,(H,14,16,17). The van der Waals surface area contributed by atoms with Gasteiger partial charge in [-0.3, -0.25) is 4.79 Å². The van der Waals surface area contributed by atoms with Gasteiger partial charge < -0.3 is 5.32 Å². The Morgan fingerprint density at radius 3 is 2.61 bits per heavy atom. The number of rotatable bonds is 4. The number of benzene rings is 1. The summed E-state index contributed by atoms with van der Waals surface area (Å²) in [5.74, 6) is -0.0577. The average Bonchev–Trinajstić information content (AvgIpc) is 2.79. The Balaban J connectivity index is 1.94. The predicted octanol–water partition coefficient (Wildman–Crippen LogP) is 2.59. The minimum atomic E-state index is -0.0577. The number of amides is 1. The summed E-state index contributed by atoms with van der Waals surface area (Å²) in [6, 6.07) is 7.93. The van der Waals surface area contributed by atoms with Gasteiger partial charge in [-0.15, -0.1) is 10.2 Å². The molecule has 1 heterocycles. The molecule has 1 aromatic heterocycles. The molecule has 0 fully saturated rings. The van der Waals surface area contributed by atoms with Crippen LogP contribution in [0.5, 0.6) is 0 Å². The molecule has 0 aliphatic rings. The van der Waals surface area contributed by atoms with Crippen molar-refractivity contribution in [3.05, 3.63) is 40.4 Å². The Morgan fingerprint density at radius 2 is 2.00 bits per heavy atom. The number of hydrogen-bond donors (Lipinski definition) is 1. The third kappa shape index (κ3) is 3.37. The molecule has 0 spiro atoms. The summed E-state index contributed by atoms with van der Waals surface area (Å²) in [6.45, 7) is 4.04. The third-order valence-corrected chi connectivity index (χ3v) is 3.48. The van der Waals surface area contributed by atoms with Crippen molar-refractivity contribution in [2.75, 3.05) is 5.32 Å². The topological polar surface area (TPSA) is 54.9 Å². The minimum Gasteiger partial charge on any atom is -0.300 e. The second-order valence-electron chi connectivity index (χ2n) is 4.07. The maximum absolute atomic E-state index is 11.8. The molecule has 5 heteroatoms. The van der Waals surface area contributed by atoms with Crippen LogP contribution in [0.2, 0.25) is 0 Å². The molecule has 1 N–H and O–H groups in total. The number of nitrogens with one attached hydrogen (secondary N) is 1. The maximum atomic E-state index is 11.8. The van der Waals surface area contributed by atoms with E-state index in [9.17, 15) is 4.79 Å². The highest BCUT2D eigenvalue weighted by molar-refractivity contribution is 7.15. The van der Waals surface area contributed by atoms with Crippen LogP contribution in [0.1, 0.15) is 23.1 Å². The number of aryl methyl sites for hydroxylation is 2. The van der Waals surface area contributed by atoms with Gasteiger partial charge >= 0.3 is 0 Å². The molecule has 94 valence electrons. The zero-order valence-electron chi connectivity index (χ0n) is 10.4. The molecule has 0 saturated heterocycles. The van der Waals surface area contributed by atoms with Gasteiger partial charge in [-0.05, 0) is 18.9 Å². The van der Waals surface area contributed by atoms with E-state index in [0.29, 0.717) is 11.6 Å². The first kappa shape index (κ1) is 12.7. The first-order chi connectivity index (χ1) is 8.67. The summed E-state index contributed by atoms with van der Waals surface area (Å²) in [6.07, 6.45) is 1.20. The Labute approximate surface area is 110 Å². The Hall–Kier alpha value is -1.75. The van der Waals surface area contributed by atoms with Crippen molar-refractivity contribution >= 4 is 22.4 Å². The van der Waals surface area contributed by atoms with Crippen molar-refractivity contribution in [2.45, 2.75) is 26.7 Å². The molecule has 2 aromatic rings. The van der Waals surface area contributed by atoms with Gasteiger partial charge in [-0.2, -0.15) is 0 Å². The molecule has 1 amide bonds. The quantitative estimate of drug-likeness (QED) is 0.920. The maximum Gasteiger partial charge on any atom is 0.230 e. The average molecular weight is 261 g/mol. The van der Waals surface area contributed by atoms with Crippen molar-refractivity contribution in [1.29, 1.82) is 0 Å². The molecule has 1 aromatic carbocycles. The number of nitrogens with zero attached hydrogens (tertiary/aromatic N) is 2. The van der Waals surface area contributed by atoms with E-state index in [1.807, 2.05) is 38.1 Å². The third-order valence-electron chi connectivity index (χ3n) is 2.50. The molecule has 4 nitrogen and oxygen atoms in total. The van der Waals surface area contributed by atoms with E-state index >= 15 is 0 Å². The molecule has 0 saturated carbocycles. The molecule has 0 radical (unpaired) electrons. The summed E-state index contributed by atoms with van der Waals surface area (Å²) in [4.78, 5) is 11.8. The van der Waals surface area contributed by atoms with E-state index in [4.69, 9.17) is 0 Å². The second kappa shape index (κ2) is 5.73. The van der Waals surface area contributed by atoms with Gasteiger partial charge in [0.1, 0.15) is 5.01 Å². The molecular weight excluding hydrogens is 246 g/mol. The van der Waals surface area contributed by atoms with E-state index in [1.54, 1.807) is 0 Å². The minimum absolute atomic E-state index is 0.0577. The van der Waals surface area contributed by atoms with Gasteiger partial charge in [0.05, 0.1) is 6.42 Å². The SMILES string of the molecule is CCc1nnc(NC(=O)Cc2ccc(C)cc2)s1. The summed E-state index contributed by atoms with van der Waals surface area (Å²) in [5.41, 5.74) is 2.19. The molecule has 0 bridgehead atoms. The fraction of sp³-hybridized carbons (Fsp3) is 0.308. The van der Waals surface area contributed by atoms with Crippen LogP contribution in [-0.2, 0) is 17.6 Å². The zero-order valence-corrected chi connectivity index (χ0v) is 11.3. The first-order valence-corrected chi connectivity index (χ1v) is 6.67. The van der Waals surface area contributed by atoms with Crippen molar-refractivity contribution in [2.24, 2.45) is 0 Å². The Morgan fingerprint density at radius 1 is 1.28 bits per heavy atom. The molecule has 0 aliphatic carbocycles. The van der Waals surface area contributed by atoms with Crippen LogP contribution in [-0.4, -0.2) is 16.1 Å². The highest BCUT2D eigenvalue weighted by atomic mass is 32.1. The largest absolute Gasteiger partial charge is 0.300 e. The molecule has 0 atom stereocenters. The lowest BCUT2D eigenvalue weighted by Gasteiger charge is -2.01. The number of anilines is 1. The predicted molar refractivity (Wildman–Crippen MR) is 72.8 cm³/mol. The fourth-order valence-corrected chi connectivity index (χ4v) is 2.20. The lowest BCUT2D eigenvalue weighted by atomic mass is 10.1. The van der Waals surface area contributed by atoms with Crippen LogP contribution in [0.3, 0.4) is 0 Å². The van der Waals surface area contributed by atoms with Gasteiger partial charge in [0.2, 0.25) is 11.0 Å². The van der Waals surface area contributed by atoms with Crippen molar-refractivity contribution < 1.29 is 4.79 Å². The molecule has 18 heavy (non-hydrogen) atoms. The molecule has 0 unspecified atom stereocenters. The number of carbonyl (C=O) groups excluding carboxylic acids is 1. The van der Waals surface area contributed by atoms with Crippen molar-refractivity contribution in [3.63, 3.8) is 0 Å². The number of aromatic nitrogens is 2. The monoisotopic (exact) mass is 261 g/mol. The van der Waals surface area contributed by atoms with Crippen molar-refractivity contribution in [3.8, 4) is 0 Å². The van der Waals surface area contributed by atoms with E-state index in [2.05, 4.69) is 15.5 Å². The summed E-state index contributed by atoms with van der Waals surface area (Å²) >= 11 is 1.42. The van der Waals surface area contributed by atoms with Crippen LogP contribution in [0, 0.1) is 6.92 Å². The molecular formula is C13H15N3OS. The van der Waals surface area contributed by atoms with Gasteiger partial charge in [0, 0.05) is 0 Å². The normalized spacial score (nSPS) is 10.3. The van der Waals surface area contributed by atoms with E-state index < -0.39 is 0 Å². The lowest BCUT2D eigenvalue weighted by molar-refractivity contribution is -0.115. The molecule has 2 rings (SSSR count). The van der Waals surface area contributed by atoms with Gasteiger partial charge in [-0.1, -0.05) is 48.1 Å². The lowest BCUT2D eigenvalue weighted by Crippen LogP contribution is -2.14. The van der Waals surface area contributed by atoms with E-state index in [-0.39, 0.29) is 5.91 Å². The summed E-state index contributed by atoms with van der Waals surface area (Å²) in [7, 11) is 0. The summed E-state index contributed by atoms with van der Waals surface area (Å²) < 4.78 is 0. The number of carbonyl (C=O) groups is 1. The Kier molecular flexibility index (Phi) is 4.04. The highest BCUT2D eigenvalue weighted by Crippen LogP contribution is 2.15. The van der Waals surface area contributed by atoms with Crippen LogP contribution >= 0.6 is 11.3 Å². The zero-order chi connectivity index (χ0) is 13.0. The fourth-order valence-electron chi connectivity index (χ4n) is 1.50. The smallest absolute Gasteiger partial charge is 0.230 e. The molecule has 0 aliphatic heterocycles. The first-order valence-electron chi connectivity index (χ1n) is 5.85. The number of hydrogen-bond acceptors (Lipinski definition) is 4. The van der Waals surface area contributed by atoms with Gasteiger partial charge in [0.15, 0.2) is 0 Å². The van der Waals surface area contributed by atoms with Gasteiger partial charge in [-0.25, -0.2) is 0 Å². The second-order valence-corrected chi connectivity index (χ2v) is 5.13. The van der Waals surface area contributed by atoms with Crippen molar-refractivity contribution in [1.82, 2.24) is 10.2 Å². The van der Waals surface area contributed by atoms with E-state index in [0.717, 1.165) is 17.0 Å².